The molecule has 3 amide bonds. The quantitative estimate of drug-likeness (QED) is 0.531. The van der Waals surface area contributed by atoms with Crippen LogP contribution in [0.1, 0.15) is 44.9 Å². The van der Waals surface area contributed by atoms with Crippen molar-refractivity contribution in [2.24, 2.45) is 0 Å². The Kier molecular flexibility index (Phi) is 7.39. The zero-order valence-corrected chi connectivity index (χ0v) is 14.4. The largest absolute Gasteiger partial charge is 0.338 e. The van der Waals surface area contributed by atoms with Crippen molar-refractivity contribution in [3.63, 3.8) is 0 Å². The van der Waals surface area contributed by atoms with Crippen LogP contribution in [-0.2, 0) is 4.79 Å². The molecule has 6 nitrogen and oxygen atoms in total. The lowest BCUT2D eigenvalue weighted by Gasteiger charge is -2.23. The molecule has 0 bridgehead atoms. The lowest BCUT2D eigenvalue weighted by Crippen LogP contribution is -2.43. The molecule has 0 atom stereocenters. The van der Waals surface area contributed by atoms with Gasteiger partial charge in [-0.2, -0.15) is 0 Å². The Hall–Kier alpha value is -2.24. The van der Waals surface area contributed by atoms with Crippen LogP contribution in [0.25, 0.3) is 0 Å². The molecule has 0 saturated heterocycles. The van der Waals surface area contributed by atoms with E-state index in [0.29, 0.717) is 25.4 Å². The highest BCUT2D eigenvalue weighted by Crippen LogP contribution is 2.17. The minimum absolute atomic E-state index is 0.0594. The van der Waals surface area contributed by atoms with E-state index >= 15 is 0 Å². The third-order valence-electron chi connectivity index (χ3n) is 4.24. The van der Waals surface area contributed by atoms with Gasteiger partial charge in [0, 0.05) is 26.1 Å². The van der Waals surface area contributed by atoms with E-state index in [9.17, 15) is 9.59 Å². The van der Waals surface area contributed by atoms with Gasteiger partial charge in [-0.15, -0.1) is 0 Å². The van der Waals surface area contributed by atoms with Crippen molar-refractivity contribution in [3.8, 4) is 0 Å². The van der Waals surface area contributed by atoms with Gasteiger partial charge in [0.25, 0.3) is 0 Å². The zero-order chi connectivity index (χ0) is 17.2. The lowest BCUT2D eigenvalue weighted by atomic mass is 9.96. The summed E-state index contributed by atoms with van der Waals surface area (Å²) >= 11 is 0. The van der Waals surface area contributed by atoms with E-state index < -0.39 is 0 Å². The van der Waals surface area contributed by atoms with E-state index in [4.69, 9.17) is 0 Å². The number of nitrogens with one attached hydrogen (secondary N) is 3. The number of hydrogen-bond acceptors (Lipinski definition) is 3. The fourth-order valence-electron chi connectivity index (χ4n) is 2.89. The summed E-state index contributed by atoms with van der Waals surface area (Å²) in [7, 11) is 1.81. The topological polar surface area (TPSA) is 73.5 Å². The Morgan fingerprint density at radius 2 is 1.83 bits per heavy atom. The first kappa shape index (κ1) is 18.1. The number of hydrazine groups is 1. The number of urea groups is 1. The van der Waals surface area contributed by atoms with Crippen molar-refractivity contribution < 1.29 is 9.59 Å². The summed E-state index contributed by atoms with van der Waals surface area (Å²) in [6.45, 7) is 0.501. The molecule has 24 heavy (non-hydrogen) atoms. The standard InChI is InChI=1S/C18H28N4O2/c1-22(16-11-6-3-7-12-16)21-17(23)13-8-14-19-18(24)20-15-9-4-2-5-10-15/h3,6-7,11-12,15H,2,4-5,8-10,13-14H2,1H3,(H,21,23)(H2,19,20,24). The van der Waals surface area contributed by atoms with Gasteiger partial charge >= 0.3 is 6.03 Å². The van der Waals surface area contributed by atoms with Gasteiger partial charge in [0.05, 0.1) is 5.69 Å². The van der Waals surface area contributed by atoms with E-state index in [-0.39, 0.29) is 11.9 Å². The van der Waals surface area contributed by atoms with Crippen LogP contribution < -0.4 is 21.1 Å². The smallest absolute Gasteiger partial charge is 0.315 e. The van der Waals surface area contributed by atoms with E-state index in [2.05, 4.69) is 16.1 Å². The number of carbonyl (C=O) groups is 2. The average Bonchev–Trinajstić information content (AvgIpc) is 2.60. The second-order valence-electron chi connectivity index (χ2n) is 6.27. The molecule has 0 aromatic heterocycles. The molecule has 1 aliphatic rings. The molecule has 0 aliphatic heterocycles. The number of anilines is 1. The Labute approximate surface area is 144 Å². The summed E-state index contributed by atoms with van der Waals surface area (Å²) in [4.78, 5) is 23.7. The van der Waals surface area contributed by atoms with Crippen LogP contribution in [-0.4, -0.2) is 31.6 Å². The zero-order valence-electron chi connectivity index (χ0n) is 14.4. The van der Waals surface area contributed by atoms with Crippen molar-refractivity contribution in [2.75, 3.05) is 18.6 Å². The van der Waals surface area contributed by atoms with Gasteiger partial charge in [-0.1, -0.05) is 37.5 Å². The molecule has 1 fully saturated rings. The Balaban J connectivity index is 1.56. The fourth-order valence-corrected chi connectivity index (χ4v) is 2.89. The first-order valence-corrected chi connectivity index (χ1v) is 8.78. The molecule has 1 saturated carbocycles. The summed E-state index contributed by atoms with van der Waals surface area (Å²) in [5.41, 5.74) is 3.74. The minimum Gasteiger partial charge on any atom is -0.338 e. The Bertz CT molecular complexity index is 515. The lowest BCUT2D eigenvalue weighted by molar-refractivity contribution is -0.121. The van der Waals surface area contributed by atoms with Crippen LogP contribution in [0.3, 0.4) is 0 Å². The molecule has 132 valence electrons. The predicted molar refractivity (Wildman–Crippen MR) is 95.6 cm³/mol. The van der Waals surface area contributed by atoms with Crippen molar-refractivity contribution in [1.82, 2.24) is 16.1 Å². The number of para-hydroxylation sites is 1. The molecule has 0 spiro atoms. The average molecular weight is 332 g/mol. The molecule has 1 aliphatic carbocycles. The Morgan fingerprint density at radius 3 is 2.54 bits per heavy atom. The first-order valence-electron chi connectivity index (χ1n) is 8.78. The second-order valence-corrected chi connectivity index (χ2v) is 6.27. The van der Waals surface area contributed by atoms with Gasteiger partial charge in [0.1, 0.15) is 0 Å². The van der Waals surface area contributed by atoms with Gasteiger partial charge in [0.2, 0.25) is 5.91 Å². The van der Waals surface area contributed by atoms with Crippen molar-refractivity contribution >= 4 is 17.6 Å². The first-order chi connectivity index (χ1) is 11.6. The van der Waals surface area contributed by atoms with E-state index in [1.165, 1.54) is 19.3 Å². The number of nitrogens with zero attached hydrogens (tertiary/aromatic N) is 1. The highest BCUT2D eigenvalue weighted by molar-refractivity contribution is 5.78. The molecule has 1 aromatic carbocycles. The van der Waals surface area contributed by atoms with Gasteiger partial charge in [-0.25, -0.2) is 4.79 Å². The Morgan fingerprint density at radius 1 is 1.12 bits per heavy atom. The number of hydrogen-bond donors (Lipinski definition) is 3. The van der Waals surface area contributed by atoms with Gasteiger partial charge < -0.3 is 10.6 Å². The molecule has 6 heteroatoms. The van der Waals surface area contributed by atoms with Crippen LogP contribution in [0.5, 0.6) is 0 Å². The summed E-state index contributed by atoms with van der Waals surface area (Å²) in [5, 5.41) is 7.53. The summed E-state index contributed by atoms with van der Waals surface area (Å²) in [6, 6.07) is 9.82. The highest BCUT2D eigenvalue weighted by Gasteiger charge is 2.15. The van der Waals surface area contributed by atoms with Crippen molar-refractivity contribution in [3.05, 3.63) is 30.3 Å². The van der Waals surface area contributed by atoms with Crippen LogP contribution in [0.15, 0.2) is 30.3 Å². The van der Waals surface area contributed by atoms with Crippen molar-refractivity contribution in [1.29, 1.82) is 0 Å². The third-order valence-corrected chi connectivity index (χ3v) is 4.24. The normalized spacial score (nSPS) is 14.7. The maximum Gasteiger partial charge on any atom is 0.315 e. The predicted octanol–water partition coefficient (Wildman–Crippen LogP) is 2.57. The van der Waals surface area contributed by atoms with Gasteiger partial charge in [-0.05, 0) is 31.4 Å². The van der Waals surface area contributed by atoms with Gasteiger partial charge in [0.15, 0.2) is 0 Å². The summed E-state index contributed by atoms with van der Waals surface area (Å²) in [5.74, 6) is -0.0594. The second kappa shape index (κ2) is 9.80. The van der Waals surface area contributed by atoms with E-state index in [0.717, 1.165) is 18.5 Å². The third kappa shape index (κ3) is 6.48. The van der Waals surface area contributed by atoms with Gasteiger partial charge in [-0.3, -0.25) is 15.2 Å². The van der Waals surface area contributed by atoms with Crippen LogP contribution in [0.2, 0.25) is 0 Å². The molecule has 0 unspecified atom stereocenters. The SMILES string of the molecule is CN(NC(=O)CCCNC(=O)NC1CCCCC1)c1ccccc1. The molecule has 0 heterocycles. The van der Waals surface area contributed by atoms with Crippen LogP contribution in [0.4, 0.5) is 10.5 Å². The molecule has 0 radical (unpaired) electrons. The number of carbonyl (C=O) groups excluding carboxylic acids is 2. The molecular weight excluding hydrogens is 304 g/mol. The van der Waals surface area contributed by atoms with Crippen molar-refractivity contribution in [2.45, 2.75) is 51.0 Å². The fraction of sp³-hybridized carbons (Fsp3) is 0.556. The maximum absolute atomic E-state index is 11.9. The van der Waals surface area contributed by atoms with E-state index in [1.54, 1.807) is 5.01 Å². The monoisotopic (exact) mass is 332 g/mol. The van der Waals surface area contributed by atoms with Crippen LogP contribution >= 0.6 is 0 Å². The maximum atomic E-state index is 11.9. The van der Waals surface area contributed by atoms with E-state index in [1.807, 2.05) is 37.4 Å². The molecule has 1 aromatic rings. The summed E-state index contributed by atoms with van der Waals surface area (Å²) in [6.07, 6.45) is 6.79. The van der Waals surface area contributed by atoms with Crippen LogP contribution in [0, 0.1) is 0 Å². The molecular formula is C18H28N4O2. The number of rotatable bonds is 7. The molecule has 2 rings (SSSR count). The molecule has 3 N–H and O–H groups in total. The highest BCUT2D eigenvalue weighted by atomic mass is 16.2. The number of amides is 3. The number of benzene rings is 1. The minimum atomic E-state index is -0.122. The summed E-state index contributed by atoms with van der Waals surface area (Å²) < 4.78 is 0.